The van der Waals surface area contributed by atoms with Gasteiger partial charge in [-0.1, -0.05) is 12.1 Å². The number of hydrogen-bond acceptors (Lipinski definition) is 2. The van der Waals surface area contributed by atoms with Gasteiger partial charge >= 0.3 is 0 Å². The zero-order chi connectivity index (χ0) is 13.2. The molecule has 3 heteroatoms. The Morgan fingerprint density at radius 2 is 2.21 bits per heavy atom. The van der Waals surface area contributed by atoms with Crippen molar-refractivity contribution in [3.63, 3.8) is 0 Å². The van der Waals surface area contributed by atoms with Gasteiger partial charge in [-0.25, -0.2) is 4.39 Å². The van der Waals surface area contributed by atoms with E-state index < -0.39 is 0 Å². The van der Waals surface area contributed by atoms with Gasteiger partial charge in [0, 0.05) is 18.6 Å². The Hall–Kier alpha value is -0.930. The smallest absolute Gasteiger partial charge is 0.126 e. The van der Waals surface area contributed by atoms with Gasteiger partial charge in [-0.2, -0.15) is 0 Å². The maximum Gasteiger partial charge on any atom is 0.126 e. The van der Waals surface area contributed by atoms with E-state index in [0.29, 0.717) is 12.1 Å². The fraction of sp³-hybridized carbons (Fsp3) is 0.625. The maximum atomic E-state index is 13.6. The molecule has 19 heavy (non-hydrogen) atoms. The highest BCUT2D eigenvalue weighted by Gasteiger charge is 2.32. The largest absolute Gasteiger partial charge is 0.312 e. The molecule has 1 aromatic carbocycles. The SMILES string of the molecule is Cc1ccc(CN2CCCC2C2CCCN2)cc1F. The number of likely N-dealkylation sites (tertiary alicyclic amines) is 1. The van der Waals surface area contributed by atoms with Gasteiger partial charge in [-0.15, -0.1) is 0 Å². The van der Waals surface area contributed by atoms with Crippen LogP contribution in [-0.4, -0.2) is 30.1 Å². The minimum absolute atomic E-state index is 0.0766. The predicted octanol–water partition coefficient (Wildman–Crippen LogP) is 2.85. The highest BCUT2D eigenvalue weighted by atomic mass is 19.1. The van der Waals surface area contributed by atoms with Crippen molar-refractivity contribution in [3.8, 4) is 0 Å². The molecular formula is C16H23FN2. The van der Waals surface area contributed by atoms with Gasteiger partial charge in [0.1, 0.15) is 5.82 Å². The van der Waals surface area contributed by atoms with Crippen molar-refractivity contribution in [2.75, 3.05) is 13.1 Å². The summed E-state index contributed by atoms with van der Waals surface area (Å²) < 4.78 is 13.6. The number of halogens is 1. The van der Waals surface area contributed by atoms with Crippen LogP contribution in [-0.2, 0) is 6.54 Å². The first-order valence-electron chi connectivity index (χ1n) is 7.46. The van der Waals surface area contributed by atoms with Crippen LogP contribution in [0.3, 0.4) is 0 Å². The van der Waals surface area contributed by atoms with E-state index in [9.17, 15) is 4.39 Å². The summed E-state index contributed by atoms with van der Waals surface area (Å²) in [5.74, 6) is -0.0766. The molecule has 2 nitrogen and oxygen atoms in total. The van der Waals surface area contributed by atoms with Crippen LogP contribution in [0.5, 0.6) is 0 Å². The second-order valence-corrected chi connectivity index (χ2v) is 5.97. The van der Waals surface area contributed by atoms with Gasteiger partial charge < -0.3 is 5.32 Å². The van der Waals surface area contributed by atoms with Gasteiger partial charge in [-0.3, -0.25) is 4.90 Å². The maximum absolute atomic E-state index is 13.6. The lowest BCUT2D eigenvalue weighted by molar-refractivity contribution is 0.206. The van der Waals surface area contributed by atoms with E-state index in [-0.39, 0.29) is 5.82 Å². The number of hydrogen-bond donors (Lipinski definition) is 1. The Balaban J connectivity index is 1.69. The minimum Gasteiger partial charge on any atom is -0.312 e. The van der Waals surface area contributed by atoms with Crippen LogP contribution in [0.1, 0.15) is 36.8 Å². The first-order chi connectivity index (χ1) is 9.24. The zero-order valence-electron chi connectivity index (χ0n) is 11.7. The minimum atomic E-state index is -0.0766. The van der Waals surface area contributed by atoms with E-state index in [2.05, 4.69) is 16.3 Å². The second kappa shape index (κ2) is 5.59. The lowest BCUT2D eigenvalue weighted by atomic mass is 10.0. The van der Waals surface area contributed by atoms with Crippen molar-refractivity contribution >= 4 is 0 Å². The van der Waals surface area contributed by atoms with E-state index in [1.54, 1.807) is 6.07 Å². The van der Waals surface area contributed by atoms with E-state index in [1.165, 1.54) is 25.7 Å². The highest BCUT2D eigenvalue weighted by Crippen LogP contribution is 2.26. The fourth-order valence-electron chi connectivity index (χ4n) is 3.51. The molecule has 0 bridgehead atoms. The van der Waals surface area contributed by atoms with E-state index >= 15 is 0 Å². The molecular weight excluding hydrogens is 239 g/mol. The van der Waals surface area contributed by atoms with Gasteiger partial charge in [-0.05, 0) is 62.9 Å². The summed E-state index contributed by atoms with van der Waals surface area (Å²) in [6.45, 7) is 5.02. The number of nitrogens with one attached hydrogen (secondary N) is 1. The van der Waals surface area contributed by atoms with Gasteiger partial charge in [0.15, 0.2) is 0 Å². The average Bonchev–Trinajstić information content (AvgIpc) is 3.04. The first kappa shape index (κ1) is 13.1. The molecule has 0 saturated carbocycles. The topological polar surface area (TPSA) is 15.3 Å². The molecule has 0 radical (unpaired) electrons. The number of rotatable bonds is 3. The first-order valence-corrected chi connectivity index (χ1v) is 7.46. The number of benzene rings is 1. The van der Waals surface area contributed by atoms with Gasteiger partial charge in [0.2, 0.25) is 0 Å². The average molecular weight is 262 g/mol. The van der Waals surface area contributed by atoms with Crippen LogP contribution >= 0.6 is 0 Å². The summed E-state index contributed by atoms with van der Waals surface area (Å²) in [6.07, 6.45) is 5.15. The quantitative estimate of drug-likeness (QED) is 0.901. The van der Waals surface area contributed by atoms with Crippen LogP contribution in [0.15, 0.2) is 18.2 Å². The van der Waals surface area contributed by atoms with Crippen LogP contribution < -0.4 is 5.32 Å². The summed E-state index contributed by atoms with van der Waals surface area (Å²) in [6, 6.07) is 6.95. The fourth-order valence-corrected chi connectivity index (χ4v) is 3.51. The Labute approximate surface area is 115 Å². The molecule has 1 N–H and O–H groups in total. The third-order valence-corrected chi connectivity index (χ3v) is 4.60. The van der Waals surface area contributed by atoms with Gasteiger partial charge in [0.05, 0.1) is 0 Å². The second-order valence-electron chi connectivity index (χ2n) is 5.97. The van der Waals surface area contributed by atoms with Crippen LogP contribution in [0.4, 0.5) is 4.39 Å². The molecule has 1 aromatic rings. The Bertz CT molecular complexity index is 440. The Kier molecular flexibility index (Phi) is 3.85. The number of nitrogens with zero attached hydrogens (tertiary/aromatic N) is 1. The molecule has 2 fully saturated rings. The van der Waals surface area contributed by atoms with Crippen LogP contribution in [0.2, 0.25) is 0 Å². The molecule has 2 heterocycles. The predicted molar refractivity (Wildman–Crippen MR) is 75.6 cm³/mol. The number of aryl methyl sites for hydroxylation is 1. The molecule has 2 aliphatic heterocycles. The van der Waals surface area contributed by atoms with Gasteiger partial charge in [0.25, 0.3) is 0 Å². The normalized spacial score (nSPS) is 28.1. The van der Waals surface area contributed by atoms with Crippen molar-refractivity contribution in [1.82, 2.24) is 10.2 Å². The summed E-state index contributed by atoms with van der Waals surface area (Å²) >= 11 is 0. The summed E-state index contributed by atoms with van der Waals surface area (Å²) in [5, 5.41) is 3.62. The third-order valence-electron chi connectivity index (χ3n) is 4.60. The summed E-state index contributed by atoms with van der Waals surface area (Å²) in [5.41, 5.74) is 1.84. The molecule has 2 unspecified atom stereocenters. The van der Waals surface area contributed by atoms with E-state index in [1.807, 2.05) is 13.0 Å². The lowest BCUT2D eigenvalue weighted by Crippen LogP contribution is -2.43. The molecule has 2 saturated heterocycles. The standard InChI is InChI=1S/C16H23FN2/c1-12-6-7-13(10-14(12)17)11-19-9-3-5-16(19)15-4-2-8-18-15/h6-7,10,15-16,18H,2-5,8-9,11H2,1H3. The van der Waals surface area contributed by atoms with Crippen molar-refractivity contribution in [3.05, 3.63) is 35.1 Å². The summed E-state index contributed by atoms with van der Waals surface area (Å²) in [7, 11) is 0. The van der Waals surface area contributed by atoms with Crippen molar-refractivity contribution in [2.45, 2.75) is 51.2 Å². The van der Waals surface area contributed by atoms with E-state index in [0.717, 1.165) is 30.8 Å². The molecule has 2 atom stereocenters. The van der Waals surface area contributed by atoms with Crippen LogP contribution in [0.25, 0.3) is 0 Å². The van der Waals surface area contributed by atoms with Crippen molar-refractivity contribution in [2.24, 2.45) is 0 Å². The molecule has 0 aromatic heterocycles. The van der Waals surface area contributed by atoms with E-state index in [4.69, 9.17) is 0 Å². The van der Waals surface area contributed by atoms with Crippen molar-refractivity contribution in [1.29, 1.82) is 0 Å². The third kappa shape index (κ3) is 2.82. The molecule has 3 rings (SSSR count). The Morgan fingerprint density at radius 1 is 1.32 bits per heavy atom. The molecule has 104 valence electrons. The molecule has 2 aliphatic rings. The Morgan fingerprint density at radius 3 is 2.95 bits per heavy atom. The van der Waals surface area contributed by atoms with Crippen LogP contribution in [0, 0.1) is 12.7 Å². The van der Waals surface area contributed by atoms with Crippen molar-refractivity contribution < 1.29 is 4.39 Å². The summed E-state index contributed by atoms with van der Waals surface area (Å²) in [4.78, 5) is 2.53. The molecule has 0 spiro atoms. The molecule has 0 aliphatic carbocycles. The molecule has 0 amide bonds. The zero-order valence-corrected chi connectivity index (χ0v) is 11.7. The monoisotopic (exact) mass is 262 g/mol. The lowest BCUT2D eigenvalue weighted by Gasteiger charge is -2.29. The highest BCUT2D eigenvalue weighted by molar-refractivity contribution is 5.23.